The first kappa shape index (κ1) is 23.2. The Morgan fingerprint density at radius 1 is 0.545 bits per heavy atom. The molecule has 1 nitrogen and oxygen atoms in total. The van der Waals surface area contributed by atoms with Crippen LogP contribution < -0.4 is 37.6 Å². The smallest absolute Gasteiger partial charge is 0.119 e. The first-order valence-corrected chi connectivity index (χ1v) is 12.9. The third-order valence-corrected chi connectivity index (χ3v) is 10.5. The van der Waals surface area contributed by atoms with Crippen molar-refractivity contribution >= 4 is 33.9 Å². The Hall–Kier alpha value is -2.93. The number of hydrogen-bond acceptors (Lipinski definition) is 1. The zero-order chi connectivity index (χ0) is 21.8. The lowest BCUT2D eigenvalue weighted by atomic mass is 10.1. The zero-order valence-electron chi connectivity index (χ0n) is 18.6. The molecule has 0 spiro atoms. The van der Waals surface area contributed by atoms with Gasteiger partial charge in [0, 0.05) is 0 Å². The second kappa shape index (κ2) is 10.3. The predicted octanol–water partition coefficient (Wildman–Crippen LogP) is 3.35. The molecular weight excluding hydrogens is 487 g/mol. The van der Waals surface area contributed by atoms with Crippen molar-refractivity contribution < 1.29 is 21.7 Å². The largest absolute Gasteiger partial charge is 1.00 e. The van der Waals surface area contributed by atoms with E-state index < -0.39 is 7.26 Å². The van der Waals surface area contributed by atoms with E-state index in [0.29, 0.717) is 0 Å². The van der Waals surface area contributed by atoms with Gasteiger partial charge in [0.2, 0.25) is 0 Å². The van der Waals surface area contributed by atoms with Crippen molar-refractivity contribution in [1.29, 1.82) is 0 Å². The van der Waals surface area contributed by atoms with Gasteiger partial charge in [0.05, 0.1) is 13.3 Å². The summed E-state index contributed by atoms with van der Waals surface area (Å²) in [7, 11) is -0.241. The molecule has 5 aromatic carbocycles. The maximum absolute atomic E-state index is 5.48. The highest BCUT2D eigenvalue weighted by molar-refractivity contribution is 7.95. The second-order valence-corrected chi connectivity index (χ2v) is 11.5. The minimum Gasteiger partial charge on any atom is -1.00 e. The van der Waals surface area contributed by atoms with Crippen LogP contribution in [0.3, 0.4) is 0 Å². The highest BCUT2D eigenvalue weighted by Crippen LogP contribution is 2.58. The summed E-state index contributed by atoms with van der Waals surface area (Å²) in [4.78, 5) is 0. The summed E-state index contributed by atoms with van der Waals surface area (Å²) in [5.74, 6) is 0.887. The fraction of sp³-hybridized carbons (Fsp3) is 0.0667. The lowest BCUT2D eigenvalue weighted by molar-refractivity contribution is -0.00000648. The molecule has 1 unspecified atom stereocenters. The molecule has 5 rings (SSSR count). The number of ether oxygens (including phenoxy) is 1. The molecule has 0 heterocycles. The Balaban J connectivity index is 0.00000259. The third-order valence-electron chi connectivity index (χ3n) is 6.15. The van der Waals surface area contributed by atoms with Crippen molar-refractivity contribution in [2.24, 2.45) is 0 Å². The molecule has 0 N–H and O–H groups in total. The lowest BCUT2D eigenvalue weighted by Crippen LogP contribution is -3.00. The van der Waals surface area contributed by atoms with Crippen LogP contribution in [0.15, 0.2) is 127 Å². The van der Waals surface area contributed by atoms with Gasteiger partial charge in [0.15, 0.2) is 0 Å². The van der Waals surface area contributed by atoms with Crippen LogP contribution in [0.5, 0.6) is 5.75 Å². The molecule has 3 heteroatoms. The molecule has 0 aromatic heterocycles. The molecule has 33 heavy (non-hydrogen) atoms. The van der Waals surface area contributed by atoms with Crippen LogP contribution in [-0.2, 0) is 6.16 Å². The number of hydrogen-bond donors (Lipinski definition) is 0. The molecular formula is C30H26BrOP. The fourth-order valence-electron chi connectivity index (χ4n) is 4.51. The summed E-state index contributed by atoms with van der Waals surface area (Å²) < 4.78 is 5.48. The Labute approximate surface area is 207 Å². The summed E-state index contributed by atoms with van der Waals surface area (Å²) >= 11 is 0. The summed E-state index contributed by atoms with van der Waals surface area (Å²) in [5.41, 5.74) is 1.36. The number of halogens is 1. The van der Waals surface area contributed by atoms with E-state index in [9.17, 15) is 0 Å². The Morgan fingerprint density at radius 3 is 1.76 bits per heavy atom. The molecule has 0 saturated carbocycles. The number of fused-ring (bicyclic) bond motifs is 1. The van der Waals surface area contributed by atoms with Crippen LogP contribution in [0.2, 0.25) is 0 Å². The molecule has 164 valence electrons. The van der Waals surface area contributed by atoms with Gasteiger partial charge in [0.1, 0.15) is 28.9 Å². The van der Waals surface area contributed by atoms with Gasteiger partial charge in [-0.1, -0.05) is 78.9 Å². The number of benzene rings is 5. The van der Waals surface area contributed by atoms with Gasteiger partial charge in [-0.15, -0.1) is 0 Å². The molecule has 0 saturated heterocycles. The van der Waals surface area contributed by atoms with Crippen molar-refractivity contribution in [1.82, 2.24) is 0 Å². The van der Waals surface area contributed by atoms with Gasteiger partial charge < -0.3 is 21.7 Å². The molecule has 0 fully saturated rings. The maximum atomic E-state index is 5.48. The molecule has 0 bridgehead atoms. The third kappa shape index (κ3) is 4.60. The van der Waals surface area contributed by atoms with E-state index >= 15 is 0 Å². The second-order valence-electron chi connectivity index (χ2n) is 8.02. The molecule has 0 radical (unpaired) electrons. The van der Waals surface area contributed by atoms with E-state index in [1.54, 1.807) is 7.11 Å². The first-order valence-electron chi connectivity index (χ1n) is 10.9. The van der Waals surface area contributed by atoms with E-state index in [-0.39, 0.29) is 17.0 Å². The molecule has 0 aliphatic rings. The van der Waals surface area contributed by atoms with Crippen molar-refractivity contribution in [3.05, 3.63) is 133 Å². The Morgan fingerprint density at radius 2 is 1.09 bits per heavy atom. The molecule has 0 aliphatic carbocycles. The molecule has 0 aliphatic heterocycles. The summed E-state index contributed by atoms with van der Waals surface area (Å²) in [5, 5.41) is 6.72. The SMILES string of the molecule is COc1ccc([P+](Cc2ccccc2)(c2ccccc2)c2ccc3ccccc3c2)cc1.[Br-]. The maximum Gasteiger partial charge on any atom is 0.119 e. The van der Waals surface area contributed by atoms with Gasteiger partial charge in [-0.05, 0) is 64.9 Å². The number of rotatable bonds is 6. The lowest BCUT2D eigenvalue weighted by Gasteiger charge is -2.28. The van der Waals surface area contributed by atoms with Crippen molar-refractivity contribution in [2.45, 2.75) is 6.16 Å². The zero-order valence-corrected chi connectivity index (χ0v) is 21.0. The van der Waals surface area contributed by atoms with E-state index in [0.717, 1.165) is 11.9 Å². The van der Waals surface area contributed by atoms with Crippen molar-refractivity contribution in [2.75, 3.05) is 7.11 Å². The van der Waals surface area contributed by atoms with Crippen molar-refractivity contribution in [3.8, 4) is 5.75 Å². The normalized spacial score (nSPS) is 12.5. The summed E-state index contributed by atoms with van der Waals surface area (Å²) in [6.07, 6.45) is 0.975. The minimum atomic E-state index is -1.97. The summed E-state index contributed by atoms with van der Waals surface area (Å²) in [6.45, 7) is 0. The van der Waals surface area contributed by atoms with Crippen LogP contribution in [0.1, 0.15) is 5.56 Å². The molecule has 1 atom stereocenters. The van der Waals surface area contributed by atoms with E-state index in [1.807, 2.05) is 0 Å². The predicted molar refractivity (Wildman–Crippen MR) is 139 cm³/mol. The summed E-state index contributed by atoms with van der Waals surface area (Å²) in [6, 6.07) is 46.3. The van der Waals surface area contributed by atoms with E-state index in [4.69, 9.17) is 4.74 Å². The van der Waals surface area contributed by atoms with E-state index in [2.05, 4.69) is 127 Å². The molecule has 5 aromatic rings. The van der Waals surface area contributed by atoms with E-state index in [1.165, 1.54) is 32.2 Å². The monoisotopic (exact) mass is 512 g/mol. The van der Waals surface area contributed by atoms with Crippen LogP contribution in [0.25, 0.3) is 10.8 Å². The Kier molecular flexibility index (Phi) is 7.28. The van der Waals surface area contributed by atoms with Gasteiger partial charge in [-0.2, -0.15) is 0 Å². The van der Waals surface area contributed by atoms with Crippen LogP contribution in [0.4, 0.5) is 0 Å². The average molecular weight is 513 g/mol. The highest BCUT2D eigenvalue weighted by atomic mass is 79.9. The first-order chi connectivity index (χ1) is 15.8. The number of methoxy groups -OCH3 is 1. The van der Waals surface area contributed by atoms with Gasteiger partial charge in [0.25, 0.3) is 0 Å². The van der Waals surface area contributed by atoms with Gasteiger partial charge >= 0.3 is 0 Å². The van der Waals surface area contributed by atoms with Gasteiger partial charge in [-0.3, -0.25) is 0 Å². The Bertz CT molecular complexity index is 1320. The van der Waals surface area contributed by atoms with Gasteiger partial charge in [-0.25, -0.2) is 0 Å². The topological polar surface area (TPSA) is 9.23 Å². The minimum absolute atomic E-state index is 0. The highest BCUT2D eigenvalue weighted by Gasteiger charge is 2.45. The quantitative estimate of drug-likeness (QED) is 0.317. The fourth-order valence-corrected chi connectivity index (χ4v) is 8.74. The van der Waals surface area contributed by atoms with Crippen LogP contribution >= 0.6 is 7.26 Å². The van der Waals surface area contributed by atoms with Crippen LogP contribution in [0, 0.1) is 0 Å². The molecule has 0 amide bonds. The average Bonchev–Trinajstić information content (AvgIpc) is 2.88. The van der Waals surface area contributed by atoms with Crippen LogP contribution in [-0.4, -0.2) is 7.11 Å². The standard InChI is InChI=1S/C30H26OP.BrH/c1-31-27-17-20-29(21-18-27)32(28-14-6-3-7-15-28,23-24-10-4-2-5-11-24)30-19-16-25-12-8-9-13-26(25)22-30;/h2-22H,23H2,1H3;1H/q+1;/p-1. The van der Waals surface area contributed by atoms with Crippen molar-refractivity contribution in [3.63, 3.8) is 0 Å².